The van der Waals surface area contributed by atoms with Crippen LogP contribution in [0.4, 0.5) is 8.78 Å². The fourth-order valence-electron chi connectivity index (χ4n) is 4.18. The Bertz CT molecular complexity index is 1160. The molecule has 0 bridgehead atoms. The van der Waals surface area contributed by atoms with Crippen molar-refractivity contribution in [1.29, 1.82) is 0 Å². The number of imidazole rings is 1. The standard InChI is InChI=1S/C26H27F2N3O2/c1-19-16-31(18-29-19)23-10-5-20(15-25(23)33-2)24(32)11-14-30-13-4-3-12-26(28,17-30)21-6-8-22(27)9-7-21/h5-11,14-16,18H,3-4,12-13,17H2,1-2H3/b14-11+. The van der Waals surface area contributed by atoms with E-state index >= 15 is 4.39 Å². The van der Waals surface area contributed by atoms with Gasteiger partial charge in [-0.3, -0.25) is 4.79 Å². The van der Waals surface area contributed by atoms with Crippen LogP contribution in [0.15, 0.2) is 67.3 Å². The lowest BCUT2D eigenvalue weighted by Crippen LogP contribution is -2.33. The molecule has 1 fully saturated rings. The van der Waals surface area contributed by atoms with Crippen molar-refractivity contribution < 1.29 is 18.3 Å². The molecule has 0 radical (unpaired) electrons. The lowest BCUT2D eigenvalue weighted by atomic mass is 9.91. The summed E-state index contributed by atoms with van der Waals surface area (Å²) >= 11 is 0. The Labute approximate surface area is 192 Å². The Balaban J connectivity index is 1.51. The second-order valence-corrected chi connectivity index (χ2v) is 8.39. The molecule has 1 aliphatic heterocycles. The molecule has 33 heavy (non-hydrogen) atoms. The number of likely N-dealkylation sites (tertiary alicyclic amines) is 1. The molecule has 1 aliphatic rings. The zero-order chi connectivity index (χ0) is 23.4. The number of benzene rings is 2. The van der Waals surface area contributed by atoms with Gasteiger partial charge in [0.05, 0.1) is 31.4 Å². The molecule has 7 heteroatoms. The number of hydrogen-bond acceptors (Lipinski definition) is 4. The number of alkyl halides is 1. The van der Waals surface area contributed by atoms with Crippen molar-refractivity contribution >= 4 is 5.78 Å². The van der Waals surface area contributed by atoms with Crippen LogP contribution in [0.1, 0.15) is 40.9 Å². The van der Waals surface area contributed by atoms with Gasteiger partial charge in [0, 0.05) is 30.6 Å². The zero-order valence-corrected chi connectivity index (χ0v) is 18.8. The first kappa shape index (κ1) is 22.7. The highest BCUT2D eigenvalue weighted by atomic mass is 19.1. The van der Waals surface area contributed by atoms with Crippen LogP contribution in [-0.4, -0.2) is 40.4 Å². The highest BCUT2D eigenvalue weighted by molar-refractivity contribution is 6.04. The first-order valence-electron chi connectivity index (χ1n) is 11.0. The highest BCUT2D eigenvalue weighted by Gasteiger charge is 2.35. The summed E-state index contributed by atoms with van der Waals surface area (Å²) in [6.45, 7) is 2.67. The lowest BCUT2D eigenvalue weighted by Gasteiger charge is -2.29. The summed E-state index contributed by atoms with van der Waals surface area (Å²) < 4.78 is 36.4. The van der Waals surface area contributed by atoms with E-state index in [4.69, 9.17) is 4.74 Å². The SMILES string of the molecule is COc1cc(C(=O)/C=C/N2CCCCC(F)(c3ccc(F)cc3)C2)ccc1-n1cnc(C)c1. The minimum Gasteiger partial charge on any atom is -0.495 e. The van der Waals surface area contributed by atoms with E-state index in [0.29, 0.717) is 29.8 Å². The summed E-state index contributed by atoms with van der Waals surface area (Å²) in [7, 11) is 1.56. The molecule has 2 heterocycles. The van der Waals surface area contributed by atoms with Crippen molar-refractivity contribution in [2.75, 3.05) is 20.2 Å². The van der Waals surface area contributed by atoms with Gasteiger partial charge in [-0.1, -0.05) is 12.1 Å². The fraction of sp³-hybridized carbons (Fsp3) is 0.308. The lowest BCUT2D eigenvalue weighted by molar-refractivity contribution is 0.103. The van der Waals surface area contributed by atoms with Crippen molar-refractivity contribution in [3.05, 3.63) is 89.9 Å². The van der Waals surface area contributed by atoms with Gasteiger partial charge in [-0.05, 0) is 62.1 Å². The summed E-state index contributed by atoms with van der Waals surface area (Å²) in [6, 6.07) is 10.8. The number of ketones is 1. The van der Waals surface area contributed by atoms with Gasteiger partial charge in [-0.2, -0.15) is 0 Å². The van der Waals surface area contributed by atoms with Crippen LogP contribution >= 0.6 is 0 Å². The van der Waals surface area contributed by atoms with Crippen molar-refractivity contribution in [2.45, 2.75) is 31.9 Å². The van der Waals surface area contributed by atoms with Crippen LogP contribution in [0.5, 0.6) is 5.75 Å². The maximum Gasteiger partial charge on any atom is 0.187 e. The van der Waals surface area contributed by atoms with E-state index in [2.05, 4.69) is 4.98 Å². The van der Waals surface area contributed by atoms with Crippen molar-refractivity contribution in [2.24, 2.45) is 0 Å². The van der Waals surface area contributed by atoms with Gasteiger partial charge in [0.25, 0.3) is 0 Å². The first-order chi connectivity index (χ1) is 15.9. The van der Waals surface area contributed by atoms with E-state index in [1.165, 1.54) is 30.3 Å². The summed E-state index contributed by atoms with van der Waals surface area (Å²) in [5, 5.41) is 0. The minimum atomic E-state index is -1.59. The number of hydrogen-bond donors (Lipinski definition) is 0. The Kier molecular flexibility index (Phi) is 6.58. The van der Waals surface area contributed by atoms with Crippen LogP contribution < -0.4 is 4.74 Å². The number of rotatable bonds is 6. The van der Waals surface area contributed by atoms with Gasteiger partial charge < -0.3 is 14.2 Å². The monoisotopic (exact) mass is 451 g/mol. The molecule has 1 unspecified atom stereocenters. The number of aromatic nitrogens is 2. The van der Waals surface area contributed by atoms with Crippen molar-refractivity contribution in [1.82, 2.24) is 14.5 Å². The number of carbonyl (C=O) groups is 1. The molecule has 172 valence electrons. The van der Waals surface area contributed by atoms with Gasteiger partial charge in [-0.15, -0.1) is 0 Å². The highest BCUT2D eigenvalue weighted by Crippen LogP contribution is 2.35. The Morgan fingerprint density at radius 1 is 1.18 bits per heavy atom. The normalized spacial score (nSPS) is 19.0. The minimum absolute atomic E-state index is 0.116. The topological polar surface area (TPSA) is 47.4 Å². The Morgan fingerprint density at radius 3 is 2.67 bits per heavy atom. The number of carbonyl (C=O) groups excluding carboxylic acids is 1. The molecule has 0 N–H and O–H groups in total. The number of nitrogens with zero attached hydrogens (tertiary/aromatic N) is 3. The largest absolute Gasteiger partial charge is 0.495 e. The van der Waals surface area contributed by atoms with Crippen LogP contribution in [0.2, 0.25) is 0 Å². The summed E-state index contributed by atoms with van der Waals surface area (Å²) in [5.74, 6) is -0.0272. The second kappa shape index (κ2) is 9.57. The smallest absolute Gasteiger partial charge is 0.187 e. The average molecular weight is 452 g/mol. The van der Waals surface area contributed by atoms with Gasteiger partial charge >= 0.3 is 0 Å². The molecule has 4 rings (SSSR count). The van der Waals surface area contributed by atoms with E-state index in [-0.39, 0.29) is 18.1 Å². The molecule has 5 nitrogen and oxygen atoms in total. The average Bonchev–Trinajstić information content (AvgIpc) is 3.15. The number of halogens is 2. The van der Waals surface area contributed by atoms with E-state index in [1.54, 1.807) is 31.8 Å². The molecule has 0 saturated carbocycles. The molecule has 3 aromatic rings. The van der Waals surface area contributed by atoms with Crippen molar-refractivity contribution in [3.8, 4) is 11.4 Å². The maximum atomic E-state index is 15.8. The summed E-state index contributed by atoms with van der Waals surface area (Å²) in [5.41, 5.74) is 1.01. The predicted octanol–water partition coefficient (Wildman–Crippen LogP) is 5.38. The van der Waals surface area contributed by atoms with Crippen molar-refractivity contribution in [3.63, 3.8) is 0 Å². The van der Waals surface area contributed by atoms with Gasteiger partial charge in [-0.25, -0.2) is 13.8 Å². The van der Waals surface area contributed by atoms with E-state index in [1.807, 2.05) is 28.7 Å². The van der Waals surface area contributed by atoms with Crippen LogP contribution in [0.25, 0.3) is 5.69 Å². The quantitative estimate of drug-likeness (QED) is 0.373. The third-order valence-electron chi connectivity index (χ3n) is 5.97. The van der Waals surface area contributed by atoms with Gasteiger partial charge in [0.1, 0.15) is 11.6 Å². The maximum absolute atomic E-state index is 15.8. The third-order valence-corrected chi connectivity index (χ3v) is 5.97. The molecule has 1 aromatic heterocycles. The Hall–Kier alpha value is -3.48. The number of ether oxygens (including phenoxy) is 1. The molecule has 2 aromatic carbocycles. The summed E-state index contributed by atoms with van der Waals surface area (Å²) in [4.78, 5) is 18.9. The first-order valence-corrected chi connectivity index (χ1v) is 11.0. The third kappa shape index (κ3) is 5.13. The summed E-state index contributed by atoms with van der Waals surface area (Å²) in [6.07, 6.45) is 8.60. The number of allylic oxidation sites excluding steroid dienone is 1. The van der Waals surface area contributed by atoms with Crippen LogP contribution in [0, 0.1) is 12.7 Å². The van der Waals surface area contributed by atoms with E-state index in [0.717, 1.165) is 24.2 Å². The van der Waals surface area contributed by atoms with Crippen LogP contribution in [-0.2, 0) is 5.67 Å². The molecule has 0 spiro atoms. The number of aryl methyl sites for hydroxylation is 1. The fourth-order valence-corrected chi connectivity index (χ4v) is 4.18. The van der Waals surface area contributed by atoms with Gasteiger partial charge in [0.15, 0.2) is 11.5 Å². The zero-order valence-electron chi connectivity index (χ0n) is 18.8. The van der Waals surface area contributed by atoms with Gasteiger partial charge in [0.2, 0.25) is 0 Å². The molecule has 0 aliphatic carbocycles. The van der Waals surface area contributed by atoms with E-state index < -0.39 is 5.67 Å². The molecular weight excluding hydrogens is 424 g/mol. The molecule has 0 amide bonds. The Morgan fingerprint density at radius 2 is 1.97 bits per heavy atom. The number of methoxy groups -OCH3 is 1. The van der Waals surface area contributed by atoms with E-state index in [9.17, 15) is 9.18 Å². The molecule has 1 saturated heterocycles. The second-order valence-electron chi connectivity index (χ2n) is 8.39. The molecule has 1 atom stereocenters. The molecular formula is C26H27F2N3O2. The predicted molar refractivity (Wildman–Crippen MR) is 123 cm³/mol. The van der Waals surface area contributed by atoms with Crippen LogP contribution in [0.3, 0.4) is 0 Å².